The standard InChI is InChI=1S/C13H25NOS/c1-10(2)12(16)13(15)14-9-8-11-6-4-3-5-7-11/h10-12,16H,3-9H2,1-2H3,(H,14,15). The van der Waals surface area contributed by atoms with Crippen molar-refractivity contribution in [3.63, 3.8) is 0 Å². The van der Waals surface area contributed by atoms with Crippen molar-refractivity contribution in [3.05, 3.63) is 0 Å². The molecule has 94 valence electrons. The third-order valence-electron chi connectivity index (χ3n) is 3.48. The SMILES string of the molecule is CC(C)C(S)C(=O)NCCC1CCCCC1. The molecule has 0 bridgehead atoms. The number of hydrogen-bond donors (Lipinski definition) is 2. The summed E-state index contributed by atoms with van der Waals surface area (Å²) in [6.07, 6.45) is 7.99. The van der Waals surface area contributed by atoms with Crippen molar-refractivity contribution in [3.8, 4) is 0 Å². The number of nitrogens with one attached hydrogen (secondary N) is 1. The Labute approximate surface area is 105 Å². The topological polar surface area (TPSA) is 29.1 Å². The maximum Gasteiger partial charge on any atom is 0.233 e. The molecule has 1 N–H and O–H groups in total. The zero-order chi connectivity index (χ0) is 12.0. The fourth-order valence-electron chi connectivity index (χ4n) is 2.28. The lowest BCUT2D eigenvalue weighted by molar-refractivity contribution is -0.121. The van der Waals surface area contributed by atoms with E-state index in [1.807, 2.05) is 13.8 Å². The normalized spacial score (nSPS) is 19.8. The molecule has 1 saturated carbocycles. The Morgan fingerprint density at radius 3 is 2.50 bits per heavy atom. The van der Waals surface area contributed by atoms with Gasteiger partial charge in [0.05, 0.1) is 5.25 Å². The average molecular weight is 243 g/mol. The van der Waals surface area contributed by atoms with Gasteiger partial charge in [0, 0.05) is 6.54 Å². The highest BCUT2D eigenvalue weighted by molar-refractivity contribution is 7.81. The summed E-state index contributed by atoms with van der Waals surface area (Å²) in [4.78, 5) is 11.6. The number of rotatable bonds is 5. The van der Waals surface area contributed by atoms with Crippen molar-refractivity contribution in [2.24, 2.45) is 11.8 Å². The summed E-state index contributed by atoms with van der Waals surface area (Å²) in [5.74, 6) is 1.23. The fourth-order valence-corrected chi connectivity index (χ4v) is 2.37. The van der Waals surface area contributed by atoms with Gasteiger partial charge in [-0.2, -0.15) is 12.6 Å². The summed E-state index contributed by atoms with van der Waals surface area (Å²) in [5.41, 5.74) is 0. The second-order valence-electron chi connectivity index (χ2n) is 5.27. The molecule has 0 aromatic carbocycles. The smallest absolute Gasteiger partial charge is 0.233 e. The van der Waals surface area contributed by atoms with Crippen LogP contribution in [-0.4, -0.2) is 17.7 Å². The number of carbonyl (C=O) groups is 1. The average Bonchev–Trinajstić information content (AvgIpc) is 2.29. The van der Waals surface area contributed by atoms with Crippen molar-refractivity contribution in [2.75, 3.05) is 6.54 Å². The second kappa shape index (κ2) is 7.21. The van der Waals surface area contributed by atoms with Crippen LogP contribution in [0.25, 0.3) is 0 Å². The van der Waals surface area contributed by atoms with Gasteiger partial charge in [-0.15, -0.1) is 0 Å². The van der Waals surface area contributed by atoms with Crippen LogP contribution in [0.15, 0.2) is 0 Å². The molecule has 0 saturated heterocycles. The Kier molecular flexibility index (Phi) is 6.25. The minimum Gasteiger partial charge on any atom is -0.355 e. The summed E-state index contributed by atoms with van der Waals surface area (Å²) in [7, 11) is 0. The molecule has 1 atom stereocenters. The molecule has 0 heterocycles. The van der Waals surface area contributed by atoms with E-state index in [1.165, 1.54) is 32.1 Å². The van der Waals surface area contributed by atoms with E-state index in [4.69, 9.17) is 0 Å². The van der Waals surface area contributed by atoms with E-state index in [-0.39, 0.29) is 11.2 Å². The quantitative estimate of drug-likeness (QED) is 0.714. The van der Waals surface area contributed by atoms with Gasteiger partial charge in [-0.05, 0) is 18.3 Å². The molecule has 1 fully saturated rings. The fraction of sp³-hybridized carbons (Fsp3) is 0.923. The van der Waals surface area contributed by atoms with Crippen LogP contribution in [0.3, 0.4) is 0 Å². The first kappa shape index (κ1) is 13.9. The maximum atomic E-state index is 11.6. The molecule has 0 radical (unpaired) electrons. The van der Waals surface area contributed by atoms with Gasteiger partial charge in [0.1, 0.15) is 0 Å². The number of thiol groups is 1. The Morgan fingerprint density at radius 1 is 1.31 bits per heavy atom. The summed E-state index contributed by atoms with van der Waals surface area (Å²) in [6.45, 7) is 4.88. The lowest BCUT2D eigenvalue weighted by atomic mass is 9.87. The Balaban J connectivity index is 2.12. The van der Waals surface area contributed by atoms with Crippen molar-refractivity contribution in [1.82, 2.24) is 5.32 Å². The predicted octanol–water partition coefficient (Wildman–Crippen LogP) is 3.03. The van der Waals surface area contributed by atoms with Crippen LogP contribution in [-0.2, 0) is 4.79 Å². The summed E-state index contributed by atoms with van der Waals surface area (Å²) >= 11 is 4.31. The molecule has 1 unspecified atom stereocenters. The van der Waals surface area contributed by atoms with Gasteiger partial charge < -0.3 is 5.32 Å². The van der Waals surface area contributed by atoms with Crippen molar-refractivity contribution < 1.29 is 4.79 Å². The molecule has 2 nitrogen and oxygen atoms in total. The molecule has 0 aromatic rings. The highest BCUT2D eigenvalue weighted by Gasteiger charge is 2.18. The van der Waals surface area contributed by atoms with Crippen LogP contribution in [0, 0.1) is 11.8 Å². The van der Waals surface area contributed by atoms with Crippen LogP contribution in [0.2, 0.25) is 0 Å². The van der Waals surface area contributed by atoms with Gasteiger partial charge in [-0.25, -0.2) is 0 Å². The second-order valence-corrected chi connectivity index (χ2v) is 5.83. The third kappa shape index (κ3) is 4.77. The van der Waals surface area contributed by atoms with Crippen LogP contribution in [0.4, 0.5) is 0 Å². The van der Waals surface area contributed by atoms with Crippen molar-refractivity contribution >= 4 is 18.5 Å². The van der Waals surface area contributed by atoms with Gasteiger partial charge in [-0.3, -0.25) is 4.79 Å². The number of hydrogen-bond acceptors (Lipinski definition) is 2. The zero-order valence-electron chi connectivity index (χ0n) is 10.5. The molecule has 1 amide bonds. The molecule has 1 rings (SSSR count). The van der Waals surface area contributed by atoms with Gasteiger partial charge >= 0.3 is 0 Å². The summed E-state index contributed by atoms with van der Waals surface area (Å²) in [5, 5.41) is 2.83. The van der Waals surface area contributed by atoms with Gasteiger partial charge in [0.25, 0.3) is 0 Å². The molecule has 3 heteroatoms. The largest absolute Gasteiger partial charge is 0.355 e. The van der Waals surface area contributed by atoms with Crippen LogP contribution in [0.1, 0.15) is 52.4 Å². The van der Waals surface area contributed by atoms with E-state index in [1.54, 1.807) is 0 Å². The van der Waals surface area contributed by atoms with Crippen molar-refractivity contribution in [1.29, 1.82) is 0 Å². The van der Waals surface area contributed by atoms with E-state index in [2.05, 4.69) is 17.9 Å². The van der Waals surface area contributed by atoms with Crippen LogP contribution in [0.5, 0.6) is 0 Å². The lowest BCUT2D eigenvalue weighted by Gasteiger charge is -2.22. The summed E-state index contributed by atoms with van der Waals surface area (Å²) < 4.78 is 0. The van der Waals surface area contributed by atoms with E-state index in [9.17, 15) is 4.79 Å². The lowest BCUT2D eigenvalue weighted by Crippen LogP contribution is -2.35. The molecular formula is C13H25NOS. The molecule has 16 heavy (non-hydrogen) atoms. The highest BCUT2D eigenvalue weighted by atomic mass is 32.1. The predicted molar refractivity (Wildman–Crippen MR) is 71.8 cm³/mol. The first-order valence-electron chi connectivity index (χ1n) is 6.57. The number of carbonyl (C=O) groups excluding carboxylic acids is 1. The van der Waals surface area contributed by atoms with Crippen LogP contribution < -0.4 is 5.32 Å². The molecule has 1 aliphatic carbocycles. The molecule has 1 aliphatic rings. The Hall–Kier alpha value is -0.180. The van der Waals surface area contributed by atoms with Crippen LogP contribution >= 0.6 is 12.6 Å². The zero-order valence-corrected chi connectivity index (χ0v) is 11.4. The third-order valence-corrected chi connectivity index (χ3v) is 4.31. The first-order chi connectivity index (χ1) is 7.61. The van der Waals surface area contributed by atoms with Gasteiger partial charge in [0.15, 0.2) is 0 Å². The van der Waals surface area contributed by atoms with E-state index in [0.29, 0.717) is 5.92 Å². The molecule has 0 aliphatic heterocycles. The van der Waals surface area contributed by atoms with Gasteiger partial charge in [-0.1, -0.05) is 46.0 Å². The van der Waals surface area contributed by atoms with Crippen molar-refractivity contribution in [2.45, 2.75) is 57.6 Å². The van der Waals surface area contributed by atoms with Gasteiger partial charge in [0.2, 0.25) is 5.91 Å². The summed E-state index contributed by atoms with van der Waals surface area (Å²) in [6, 6.07) is 0. The van der Waals surface area contributed by atoms with E-state index < -0.39 is 0 Å². The van der Waals surface area contributed by atoms with E-state index >= 15 is 0 Å². The minimum absolute atomic E-state index is 0.0918. The first-order valence-corrected chi connectivity index (χ1v) is 7.08. The molecule has 0 spiro atoms. The monoisotopic (exact) mass is 243 g/mol. The molecule has 0 aromatic heterocycles. The highest BCUT2D eigenvalue weighted by Crippen LogP contribution is 2.25. The molecular weight excluding hydrogens is 218 g/mol. The van der Waals surface area contributed by atoms with E-state index in [0.717, 1.165) is 18.9 Å². The number of amides is 1. The Bertz CT molecular complexity index is 212. The minimum atomic E-state index is -0.161. The maximum absolute atomic E-state index is 11.6. The Morgan fingerprint density at radius 2 is 1.94 bits per heavy atom.